The highest BCUT2D eigenvalue weighted by Gasteiger charge is 2.48. The zero-order valence-corrected chi connectivity index (χ0v) is 20.2. The molecule has 180 valence electrons. The molecule has 0 unspecified atom stereocenters. The lowest BCUT2D eigenvalue weighted by atomic mass is 9.78. The highest BCUT2D eigenvalue weighted by atomic mass is 35.5. The van der Waals surface area contributed by atoms with Crippen molar-refractivity contribution in [3.63, 3.8) is 0 Å². The van der Waals surface area contributed by atoms with E-state index in [2.05, 4.69) is 36.7 Å². The number of nitrogens with zero attached hydrogens (tertiary/aromatic N) is 6. The smallest absolute Gasteiger partial charge is 0.416 e. The normalized spacial score (nSPS) is 24.6. The molecule has 1 N–H and O–H groups in total. The fourth-order valence-corrected chi connectivity index (χ4v) is 4.87. The van der Waals surface area contributed by atoms with Crippen molar-refractivity contribution in [3.8, 4) is 0 Å². The fourth-order valence-electron chi connectivity index (χ4n) is 4.87. The molecule has 0 radical (unpaired) electrons. The monoisotopic (exact) mass is 495 g/mol. The van der Waals surface area contributed by atoms with Crippen LogP contribution < -0.4 is 15.1 Å². The summed E-state index contributed by atoms with van der Waals surface area (Å²) in [6.45, 7) is 3.55. The first-order valence-electron chi connectivity index (χ1n) is 11.3. The Hall–Kier alpha value is -2.39. The van der Waals surface area contributed by atoms with E-state index in [1.54, 1.807) is 23.2 Å². The largest absolute Gasteiger partial charge is 0.441 e. The molecule has 5 rings (SSSR count). The van der Waals surface area contributed by atoms with Crippen LogP contribution in [0.4, 0.5) is 22.2 Å². The first-order chi connectivity index (χ1) is 15.2. The highest BCUT2D eigenvalue weighted by molar-refractivity contribution is 5.89. The summed E-state index contributed by atoms with van der Waals surface area (Å²) in [5.41, 5.74) is -0.402. The Bertz CT molecular complexity index is 889. The van der Waals surface area contributed by atoms with Gasteiger partial charge in [-0.2, -0.15) is 5.10 Å². The van der Waals surface area contributed by atoms with Gasteiger partial charge in [0, 0.05) is 25.8 Å². The third kappa shape index (κ3) is 5.76. The second kappa shape index (κ2) is 11.2. The summed E-state index contributed by atoms with van der Waals surface area (Å²) in [7, 11) is 0. The maximum atomic E-state index is 12.4. The quantitative estimate of drug-likeness (QED) is 0.661. The van der Waals surface area contributed by atoms with Crippen LogP contribution in [0.5, 0.6) is 0 Å². The number of piperidine rings is 1. The van der Waals surface area contributed by atoms with E-state index >= 15 is 0 Å². The van der Waals surface area contributed by atoms with Crippen LogP contribution in [0, 0.1) is 5.92 Å². The Morgan fingerprint density at radius 3 is 2.45 bits per heavy atom. The van der Waals surface area contributed by atoms with Crippen molar-refractivity contribution in [1.82, 2.24) is 20.4 Å². The highest BCUT2D eigenvalue weighted by Crippen LogP contribution is 2.40. The lowest BCUT2D eigenvalue weighted by molar-refractivity contribution is 0.0148. The van der Waals surface area contributed by atoms with Gasteiger partial charge in [0.2, 0.25) is 0 Å². The zero-order chi connectivity index (χ0) is 21.1. The number of carbonyl (C=O) groups is 1. The van der Waals surface area contributed by atoms with Crippen LogP contribution in [0.3, 0.4) is 0 Å². The third-order valence-corrected chi connectivity index (χ3v) is 6.72. The van der Waals surface area contributed by atoms with Gasteiger partial charge >= 0.3 is 6.09 Å². The number of rotatable bonds is 5. The number of ether oxygens (including phenoxy) is 1. The van der Waals surface area contributed by atoms with Crippen molar-refractivity contribution >= 4 is 48.4 Å². The number of hydrogen-bond acceptors (Lipinski definition) is 8. The minimum atomic E-state index is -0.402. The van der Waals surface area contributed by atoms with Gasteiger partial charge in [0.15, 0.2) is 11.6 Å². The van der Waals surface area contributed by atoms with Crippen LogP contribution in [0.15, 0.2) is 30.5 Å². The Balaban J connectivity index is 0.00000153. The van der Waals surface area contributed by atoms with Crippen LogP contribution >= 0.6 is 24.8 Å². The molecule has 1 aliphatic carbocycles. The minimum Gasteiger partial charge on any atom is -0.441 e. The van der Waals surface area contributed by atoms with E-state index in [0.29, 0.717) is 18.3 Å². The lowest BCUT2D eigenvalue weighted by Gasteiger charge is -2.35. The molecule has 4 heterocycles. The van der Waals surface area contributed by atoms with Gasteiger partial charge in [0.25, 0.3) is 0 Å². The molecule has 3 fully saturated rings. The van der Waals surface area contributed by atoms with Crippen molar-refractivity contribution in [2.24, 2.45) is 5.92 Å². The van der Waals surface area contributed by atoms with Crippen LogP contribution in [-0.2, 0) is 4.74 Å². The van der Waals surface area contributed by atoms with Gasteiger partial charge < -0.3 is 15.0 Å². The molecular weight excluding hydrogens is 465 g/mol. The molecule has 11 heteroatoms. The zero-order valence-electron chi connectivity index (χ0n) is 18.6. The summed E-state index contributed by atoms with van der Waals surface area (Å²) in [5, 5.41) is 20.1. The molecule has 2 saturated heterocycles. The van der Waals surface area contributed by atoms with E-state index in [0.717, 1.165) is 57.0 Å². The lowest BCUT2D eigenvalue weighted by Crippen LogP contribution is -2.39. The number of anilines is 3. The van der Waals surface area contributed by atoms with Gasteiger partial charge in [-0.1, -0.05) is 0 Å². The van der Waals surface area contributed by atoms with Crippen molar-refractivity contribution in [2.45, 2.75) is 50.5 Å². The van der Waals surface area contributed by atoms with Crippen LogP contribution in [0.25, 0.3) is 0 Å². The van der Waals surface area contributed by atoms with Crippen molar-refractivity contribution in [1.29, 1.82) is 0 Å². The Labute approximate surface area is 206 Å². The first-order valence-corrected chi connectivity index (χ1v) is 11.3. The van der Waals surface area contributed by atoms with E-state index in [9.17, 15) is 4.79 Å². The summed E-state index contributed by atoms with van der Waals surface area (Å²) in [6, 6.07) is 7.67. The molecule has 3 aliphatic rings. The van der Waals surface area contributed by atoms with E-state index in [1.165, 1.54) is 19.3 Å². The molecule has 2 aromatic heterocycles. The summed E-state index contributed by atoms with van der Waals surface area (Å²) < 4.78 is 5.81. The van der Waals surface area contributed by atoms with Gasteiger partial charge in [0.1, 0.15) is 11.4 Å². The number of amides is 1. The maximum absolute atomic E-state index is 12.4. The number of nitrogens with one attached hydrogen (secondary N) is 1. The molecule has 2 aliphatic heterocycles. The van der Waals surface area contributed by atoms with E-state index in [4.69, 9.17) is 4.74 Å². The Kier molecular flexibility index (Phi) is 8.53. The molecule has 0 bridgehead atoms. The predicted molar refractivity (Wildman–Crippen MR) is 132 cm³/mol. The van der Waals surface area contributed by atoms with Gasteiger partial charge in [-0.05, 0) is 75.1 Å². The molecule has 1 spiro atoms. The summed E-state index contributed by atoms with van der Waals surface area (Å²) in [4.78, 5) is 16.3. The molecule has 9 nitrogen and oxygen atoms in total. The molecule has 2 aromatic rings. The van der Waals surface area contributed by atoms with Crippen LogP contribution in [0.1, 0.15) is 44.9 Å². The molecule has 0 aromatic carbocycles. The summed E-state index contributed by atoms with van der Waals surface area (Å²) in [6.07, 6.45) is 8.80. The average molecular weight is 496 g/mol. The van der Waals surface area contributed by atoms with Crippen molar-refractivity contribution in [2.75, 3.05) is 41.3 Å². The van der Waals surface area contributed by atoms with Crippen molar-refractivity contribution in [3.05, 3.63) is 30.5 Å². The Morgan fingerprint density at radius 1 is 1.00 bits per heavy atom. The summed E-state index contributed by atoms with van der Waals surface area (Å²) in [5.74, 6) is 2.88. The predicted octanol–water partition coefficient (Wildman–Crippen LogP) is 4.10. The fraction of sp³-hybridized carbons (Fsp3) is 0.591. The molecule has 1 amide bonds. The molecule has 1 saturated carbocycles. The molecule has 33 heavy (non-hydrogen) atoms. The van der Waals surface area contributed by atoms with Crippen LogP contribution in [0.2, 0.25) is 0 Å². The minimum absolute atomic E-state index is 0. The Morgan fingerprint density at radius 2 is 1.79 bits per heavy atom. The van der Waals surface area contributed by atoms with E-state index in [1.807, 2.05) is 6.07 Å². The number of halogens is 2. The van der Waals surface area contributed by atoms with Gasteiger partial charge in [-0.3, -0.25) is 4.90 Å². The first kappa shape index (κ1) is 25.2. The third-order valence-electron chi connectivity index (χ3n) is 6.72. The SMILES string of the molecule is Cl.Cl.O=C1OC2(CCC(CNc3ccc(N4CCCCC4)nn3)CC2)CN1c1cccnn1. The second-order valence-corrected chi connectivity index (χ2v) is 8.87. The second-order valence-electron chi connectivity index (χ2n) is 8.87. The maximum Gasteiger partial charge on any atom is 0.416 e. The average Bonchev–Trinajstić information content (AvgIpc) is 3.16. The number of carbonyl (C=O) groups excluding carboxylic acids is 1. The van der Waals surface area contributed by atoms with Gasteiger partial charge in [-0.25, -0.2) is 4.79 Å². The topological polar surface area (TPSA) is 96.4 Å². The van der Waals surface area contributed by atoms with Crippen molar-refractivity contribution < 1.29 is 9.53 Å². The number of hydrogen-bond donors (Lipinski definition) is 1. The number of aromatic nitrogens is 4. The molecular formula is C22H31Cl2N7O2. The summed E-state index contributed by atoms with van der Waals surface area (Å²) >= 11 is 0. The van der Waals surface area contributed by atoms with E-state index in [-0.39, 0.29) is 30.9 Å². The van der Waals surface area contributed by atoms with E-state index < -0.39 is 5.60 Å². The van der Waals surface area contributed by atoms with Crippen LogP contribution in [-0.4, -0.2) is 58.3 Å². The molecule has 0 atom stereocenters. The van der Waals surface area contributed by atoms with Gasteiger partial charge in [0.05, 0.1) is 6.54 Å². The standard InChI is InChI=1S/C22H29N7O2.2ClH/c30-21-29(20-5-4-12-24-26-20)16-22(31-21)10-8-17(9-11-22)15-23-18-6-7-19(27-25-18)28-13-2-1-3-14-28;;/h4-7,12,17H,1-3,8-11,13-16H2,(H,23,25);2*1H. The van der Waals surface area contributed by atoms with Gasteiger partial charge in [-0.15, -0.1) is 40.1 Å².